The molecule has 5 N–H and O–H groups in total. The van der Waals surface area contributed by atoms with Gasteiger partial charge in [-0.2, -0.15) is 26.3 Å². The lowest BCUT2D eigenvalue weighted by molar-refractivity contribution is -0.137. The molecule has 1 unspecified atom stereocenters. The van der Waals surface area contributed by atoms with E-state index in [1.54, 1.807) is 18.2 Å². The number of nitrogens with two attached hydrogens (primary N) is 1. The number of alkyl halides is 6. The van der Waals surface area contributed by atoms with E-state index in [2.05, 4.69) is 16.0 Å². The third kappa shape index (κ3) is 9.00. The molecule has 1 aliphatic carbocycles. The fraction of sp³-hybridized carbons (Fsp3) is 0.308. The molecule has 0 aliphatic heterocycles. The van der Waals surface area contributed by atoms with Crippen molar-refractivity contribution >= 4 is 17.7 Å². The van der Waals surface area contributed by atoms with Gasteiger partial charge < -0.3 is 21.7 Å². The van der Waals surface area contributed by atoms with E-state index in [4.69, 9.17) is 5.73 Å². The van der Waals surface area contributed by atoms with Crippen LogP contribution in [0.3, 0.4) is 0 Å². The predicted molar refractivity (Wildman–Crippen MR) is 185 cm³/mol. The first-order valence-electron chi connectivity index (χ1n) is 16.8. The number of hydrogen-bond donors (Lipinski definition) is 4. The SMILES string of the molecule is NC(=O)CCC(NC(=O)c1ccccc1-c1ccc(C(F)(F)F)cc1)C(=O)NCCCCC1(CNCC(F)(F)F)c2ccccc2-c2ccccc21. The molecule has 4 aromatic carbocycles. The summed E-state index contributed by atoms with van der Waals surface area (Å²) in [6.45, 7) is -0.899. The second kappa shape index (κ2) is 16.0. The van der Waals surface area contributed by atoms with E-state index < -0.39 is 53.6 Å². The van der Waals surface area contributed by atoms with Gasteiger partial charge in [0.25, 0.3) is 5.91 Å². The van der Waals surface area contributed by atoms with E-state index in [0.29, 0.717) is 30.4 Å². The van der Waals surface area contributed by atoms with E-state index in [1.807, 2.05) is 48.5 Å². The maximum absolute atomic E-state index is 13.5. The summed E-state index contributed by atoms with van der Waals surface area (Å²) < 4.78 is 78.9. The van der Waals surface area contributed by atoms with Crippen LogP contribution in [-0.2, 0) is 21.2 Å². The number of carbonyl (C=O) groups is 3. The third-order valence-electron chi connectivity index (χ3n) is 9.25. The second-order valence-corrected chi connectivity index (χ2v) is 12.8. The van der Waals surface area contributed by atoms with Crippen LogP contribution in [0.15, 0.2) is 97.1 Å². The van der Waals surface area contributed by atoms with Gasteiger partial charge >= 0.3 is 12.4 Å². The summed E-state index contributed by atoms with van der Waals surface area (Å²) in [4.78, 5) is 38.4. The third-order valence-corrected chi connectivity index (χ3v) is 9.25. The second-order valence-electron chi connectivity index (χ2n) is 12.8. The van der Waals surface area contributed by atoms with Crippen molar-refractivity contribution in [3.8, 4) is 22.3 Å². The Morgan fingerprint density at radius 3 is 1.88 bits per heavy atom. The summed E-state index contributed by atoms with van der Waals surface area (Å²) >= 11 is 0. The highest BCUT2D eigenvalue weighted by Crippen LogP contribution is 2.51. The van der Waals surface area contributed by atoms with E-state index in [-0.39, 0.29) is 31.5 Å². The lowest BCUT2D eigenvalue weighted by Gasteiger charge is -2.33. The van der Waals surface area contributed by atoms with E-state index >= 15 is 0 Å². The minimum atomic E-state index is -4.53. The van der Waals surface area contributed by atoms with Crippen molar-refractivity contribution in [2.24, 2.45) is 5.73 Å². The Bertz CT molecular complexity index is 1850. The molecule has 0 aromatic heterocycles. The van der Waals surface area contributed by atoms with Crippen LogP contribution in [0.5, 0.6) is 0 Å². The average molecular weight is 725 g/mol. The Morgan fingerprint density at radius 1 is 0.731 bits per heavy atom. The van der Waals surface area contributed by atoms with Crippen LogP contribution < -0.4 is 21.7 Å². The van der Waals surface area contributed by atoms with Gasteiger partial charge in [0.15, 0.2) is 0 Å². The number of amides is 3. The van der Waals surface area contributed by atoms with Gasteiger partial charge in [0.05, 0.1) is 12.1 Å². The highest BCUT2D eigenvalue weighted by molar-refractivity contribution is 6.03. The lowest BCUT2D eigenvalue weighted by atomic mass is 9.74. The molecule has 0 saturated carbocycles. The summed E-state index contributed by atoms with van der Waals surface area (Å²) in [6, 6.07) is 24.8. The first kappa shape index (κ1) is 38.1. The predicted octanol–water partition coefficient (Wildman–Crippen LogP) is 7.14. The van der Waals surface area contributed by atoms with Crippen LogP contribution >= 0.6 is 0 Å². The zero-order valence-corrected chi connectivity index (χ0v) is 28.0. The van der Waals surface area contributed by atoms with Crippen molar-refractivity contribution in [3.63, 3.8) is 0 Å². The van der Waals surface area contributed by atoms with Gasteiger partial charge in [0.1, 0.15) is 6.04 Å². The quantitative estimate of drug-likeness (QED) is 0.0772. The molecule has 1 atom stereocenters. The molecule has 0 radical (unpaired) electrons. The molecular formula is C39H38F6N4O3. The minimum Gasteiger partial charge on any atom is -0.370 e. The number of rotatable bonds is 15. The number of fused-ring (bicyclic) bond motifs is 3. The Hall–Kier alpha value is -5.17. The minimum absolute atomic E-state index is 0.0576. The van der Waals surface area contributed by atoms with Crippen LogP contribution in [0.1, 0.15) is 59.2 Å². The highest BCUT2D eigenvalue weighted by atomic mass is 19.4. The molecule has 1 aliphatic rings. The summed E-state index contributed by atoms with van der Waals surface area (Å²) in [6.07, 6.45) is -7.72. The van der Waals surface area contributed by atoms with E-state index in [1.165, 1.54) is 18.2 Å². The van der Waals surface area contributed by atoms with E-state index in [0.717, 1.165) is 34.4 Å². The number of benzene rings is 4. The topological polar surface area (TPSA) is 113 Å². The number of hydrogen-bond acceptors (Lipinski definition) is 4. The molecule has 0 saturated heterocycles. The highest BCUT2D eigenvalue weighted by Gasteiger charge is 2.43. The summed E-state index contributed by atoms with van der Waals surface area (Å²) in [7, 11) is 0. The van der Waals surface area contributed by atoms with Gasteiger partial charge in [-0.25, -0.2) is 0 Å². The van der Waals surface area contributed by atoms with Crippen molar-refractivity contribution < 1.29 is 40.7 Å². The first-order valence-corrected chi connectivity index (χ1v) is 16.8. The van der Waals surface area contributed by atoms with Gasteiger partial charge in [-0.15, -0.1) is 0 Å². The smallest absolute Gasteiger partial charge is 0.370 e. The molecule has 3 amide bonds. The van der Waals surface area contributed by atoms with Crippen molar-refractivity contribution in [3.05, 3.63) is 119 Å². The van der Waals surface area contributed by atoms with Crippen LogP contribution in [0, 0.1) is 0 Å². The fourth-order valence-electron chi connectivity index (χ4n) is 6.83. The van der Waals surface area contributed by atoms with Gasteiger partial charge in [-0.3, -0.25) is 14.4 Å². The number of halogens is 6. The van der Waals surface area contributed by atoms with Crippen LogP contribution in [-0.4, -0.2) is 49.6 Å². The molecule has 0 spiro atoms. The molecule has 13 heteroatoms. The number of carbonyl (C=O) groups excluding carboxylic acids is 3. The Labute approximate surface area is 297 Å². The Kier molecular flexibility index (Phi) is 11.7. The zero-order valence-electron chi connectivity index (χ0n) is 28.0. The molecule has 7 nitrogen and oxygen atoms in total. The van der Waals surface area contributed by atoms with Gasteiger partial charge in [-0.1, -0.05) is 85.3 Å². The van der Waals surface area contributed by atoms with Crippen molar-refractivity contribution in [2.75, 3.05) is 19.6 Å². The lowest BCUT2D eigenvalue weighted by Crippen LogP contribution is -2.47. The van der Waals surface area contributed by atoms with Crippen molar-refractivity contribution in [1.82, 2.24) is 16.0 Å². The largest absolute Gasteiger partial charge is 0.416 e. The maximum atomic E-state index is 13.5. The number of primary amides is 1. The molecule has 0 heterocycles. The fourth-order valence-corrected chi connectivity index (χ4v) is 6.83. The standard InChI is InChI=1S/C39H38F6N4O3/c40-38(41,42)24-47-23-37(31-13-5-3-10-28(31)29-11-4-6-14-32(29)37)21-7-8-22-48-36(52)33(19-20-34(46)50)49-35(51)30-12-2-1-9-27(30)25-15-17-26(18-16-25)39(43,44)45/h1-6,9-18,33,47H,7-8,19-24H2,(H2,46,50)(H,48,52)(H,49,51). The first-order chi connectivity index (χ1) is 24.7. The number of nitrogens with one attached hydrogen (secondary N) is 3. The van der Waals surface area contributed by atoms with Crippen LogP contribution in [0.2, 0.25) is 0 Å². The molecule has 0 fully saturated rings. The number of unbranched alkanes of at least 4 members (excludes halogenated alkanes) is 1. The molecule has 274 valence electrons. The zero-order chi connectivity index (χ0) is 37.5. The molecule has 0 bridgehead atoms. The normalized spacial score (nSPS) is 13.9. The average Bonchev–Trinajstić information content (AvgIpc) is 3.38. The van der Waals surface area contributed by atoms with Crippen molar-refractivity contribution in [2.45, 2.75) is 55.9 Å². The van der Waals surface area contributed by atoms with E-state index in [9.17, 15) is 40.7 Å². The molecule has 4 aromatic rings. The molecule has 5 rings (SSSR count). The maximum Gasteiger partial charge on any atom is 0.416 e. The monoisotopic (exact) mass is 724 g/mol. The summed E-state index contributed by atoms with van der Waals surface area (Å²) in [5.74, 6) is -1.93. The Balaban J connectivity index is 1.26. The Morgan fingerprint density at radius 2 is 1.31 bits per heavy atom. The van der Waals surface area contributed by atoms with Gasteiger partial charge in [0.2, 0.25) is 11.8 Å². The summed E-state index contributed by atoms with van der Waals surface area (Å²) in [5.41, 5.74) is 8.36. The van der Waals surface area contributed by atoms with Gasteiger partial charge in [-0.05, 0) is 70.8 Å². The van der Waals surface area contributed by atoms with Crippen LogP contribution in [0.25, 0.3) is 22.3 Å². The van der Waals surface area contributed by atoms with Crippen molar-refractivity contribution in [1.29, 1.82) is 0 Å². The molecule has 52 heavy (non-hydrogen) atoms. The summed E-state index contributed by atoms with van der Waals surface area (Å²) in [5, 5.41) is 8.06. The van der Waals surface area contributed by atoms with Crippen LogP contribution in [0.4, 0.5) is 26.3 Å². The van der Waals surface area contributed by atoms with Gasteiger partial charge in [0, 0.05) is 30.5 Å². The molecular weight excluding hydrogens is 686 g/mol.